The zero-order chi connectivity index (χ0) is 31.9. The van der Waals surface area contributed by atoms with E-state index in [4.69, 9.17) is 9.47 Å². The van der Waals surface area contributed by atoms with Crippen LogP contribution in [0.5, 0.6) is 0 Å². The standard InChI is InChI=1S/C38H44N2O5/c1-25-35(23-40(4)26(2)36(43)31-10-6-5-7-11-31)44-38(45-37(25)32-15-13-28(24-41)14-16-32)33-19-17-30(18-20-33)34-12-8-9-29(21-34)22-39-27(3)42/h5-21,25-26,35-38,41,43H,22-24H2,1-4H3,(H,39,42)/t25-,26+,35+,36+,37+,38+/m1/s1. The van der Waals surface area contributed by atoms with Crippen LogP contribution >= 0.6 is 0 Å². The molecule has 0 saturated carbocycles. The number of aliphatic hydroxyl groups excluding tert-OH is 2. The maximum absolute atomic E-state index is 11.4. The molecule has 7 nitrogen and oxygen atoms in total. The molecule has 6 atom stereocenters. The third-order valence-electron chi connectivity index (χ3n) is 8.87. The lowest BCUT2D eigenvalue weighted by molar-refractivity contribution is -0.276. The van der Waals surface area contributed by atoms with Gasteiger partial charge in [-0.15, -0.1) is 0 Å². The molecule has 1 fully saturated rings. The number of carbonyl (C=O) groups is 1. The quantitative estimate of drug-likeness (QED) is 0.184. The minimum atomic E-state index is -0.631. The van der Waals surface area contributed by atoms with Crippen molar-refractivity contribution in [2.75, 3.05) is 13.6 Å². The maximum atomic E-state index is 11.4. The summed E-state index contributed by atoms with van der Waals surface area (Å²) in [7, 11) is 2.03. The third-order valence-corrected chi connectivity index (χ3v) is 8.87. The van der Waals surface area contributed by atoms with Gasteiger partial charge in [-0.2, -0.15) is 0 Å². The Morgan fingerprint density at radius 1 is 0.867 bits per heavy atom. The monoisotopic (exact) mass is 608 g/mol. The number of carbonyl (C=O) groups excluding carboxylic acids is 1. The van der Waals surface area contributed by atoms with E-state index in [2.05, 4.69) is 41.4 Å². The van der Waals surface area contributed by atoms with Gasteiger partial charge in [0.05, 0.1) is 24.9 Å². The van der Waals surface area contributed by atoms with Crippen LogP contribution in [0.2, 0.25) is 0 Å². The highest BCUT2D eigenvalue weighted by molar-refractivity contribution is 5.73. The lowest BCUT2D eigenvalue weighted by atomic mass is 9.89. The number of hydrogen-bond acceptors (Lipinski definition) is 6. The zero-order valence-corrected chi connectivity index (χ0v) is 26.5. The number of amides is 1. The first kappa shape index (κ1) is 32.5. The normalized spacial score (nSPS) is 21.3. The van der Waals surface area contributed by atoms with Crippen LogP contribution in [0, 0.1) is 5.92 Å². The second-order valence-electron chi connectivity index (χ2n) is 12.1. The highest BCUT2D eigenvalue weighted by Gasteiger charge is 2.39. The number of nitrogens with zero attached hydrogens (tertiary/aromatic N) is 1. The topological polar surface area (TPSA) is 91.3 Å². The van der Waals surface area contributed by atoms with Gasteiger partial charge in [0, 0.05) is 37.5 Å². The summed E-state index contributed by atoms with van der Waals surface area (Å²) >= 11 is 0. The smallest absolute Gasteiger partial charge is 0.217 e. The van der Waals surface area contributed by atoms with Crippen molar-refractivity contribution in [1.82, 2.24) is 10.2 Å². The van der Waals surface area contributed by atoms with Gasteiger partial charge in [0.25, 0.3) is 0 Å². The summed E-state index contributed by atoms with van der Waals surface area (Å²) < 4.78 is 13.3. The van der Waals surface area contributed by atoms with E-state index in [9.17, 15) is 15.0 Å². The van der Waals surface area contributed by atoms with Crippen LogP contribution in [0.4, 0.5) is 0 Å². The maximum Gasteiger partial charge on any atom is 0.217 e. The molecule has 0 bridgehead atoms. The van der Waals surface area contributed by atoms with E-state index in [-0.39, 0.29) is 36.7 Å². The molecule has 0 aromatic heterocycles. The van der Waals surface area contributed by atoms with E-state index in [0.717, 1.165) is 38.9 Å². The summed E-state index contributed by atoms with van der Waals surface area (Å²) in [6.07, 6.45) is -1.62. The Labute approximate surface area is 266 Å². The van der Waals surface area contributed by atoms with E-state index >= 15 is 0 Å². The average Bonchev–Trinajstić information content (AvgIpc) is 3.08. The predicted molar refractivity (Wildman–Crippen MR) is 176 cm³/mol. The highest BCUT2D eigenvalue weighted by atomic mass is 16.7. The lowest BCUT2D eigenvalue weighted by Gasteiger charge is -2.43. The summed E-state index contributed by atoms with van der Waals surface area (Å²) in [5, 5.41) is 23.5. The largest absolute Gasteiger partial charge is 0.392 e. The van der Waals surface area contributed by atoms with Crippen LogP contribution in [0.15, 0.2) is 103 Å². The van der Waals surface area contributed by atoms with Gasteiger partial charge in [0.2, 0.25) is 5.91 Å². The van der Waals surface area contributed by atoms with E-state index in [1.165, 1.54) is 6.92 Å². The van der Waals surface area contributed by atoms with Gasteiger partial charge in [-0.1, -0.05) is 104 Å². The van der Waals surface area contributed by atoms with E-state index in [0.29, 0.717) is 13.1 Å². The zero-order valence-electron chi connectivity index (χ0n) is 26.5. The fourth-order valence-corrected chi connectivity index (χ4v) is 5.87. The first-order chi connectivity index (χ1) is 21.7. The molecule has 3 N–H and O–H groups in total. The van der Waals surface area contributed by atoms with E-state index in [1.807, 2.05) is 92.8 Å². The number of rotatable bonds is 11. The van der Waals surface area contributed by atoms with Gasteiger partial charge in [-0.05, 0) is 53.4 Å². The molecule has 0 unspecified atom stereocenters. The van der Waals surface area contributed by atoms with Crippen molar-refractivity contribution in [2.45, 2.75) is 64.6 Å². The van der Waals surface area contributed by atoms with Crippen molar-refractivity contribution in [3.05, 3.63) is 131 Å². The molecule has 45 heavy (non-hydrogen) atoms. The molecule has 0 spiro atoms. The van der Waals surface area contributed by atoms with E-state index in [1.54, 1.807) is 0 Å². The molecule has 236 valence electrons. The summed E-state index contributed by atoms with van der Waals surface area (Å²) in [5.74, 6) is -0.0316. The van der Waals surface area contributed by atoms with Crippen molar-refractivity contribution in [2.24, 2.45) is 5.92 Å². The summed E-state index contributed by atoms with van der Waals surface area (Å²) in [6.45, 7) is 6.79. The summed E-state index contributed by atoms with van der Waals surface area (Å²) in [4.78, 5) is 13.5. The molecule has 0 radical (unpaired) electrons. The number of aliphatic hydroxyl groups is 2. The number of ether oxygens (including phenoxy) is 2. The molecule has 7 heteroatoms. The molecule has 4 aromatic carbocycles. The Morgan fingerprint density at radius 2 is 1.56 bits per heavy atom. The molecule has 1 heterocycles. The Balaban J connectivity index is 1.37. The first-order valence-corrected chi connectivity index (χ1v) is 15.6. The van der Waals surface area contributed by atoms with Crippen molar-refractivity contribution >= 4 is 5.91 Å². The minimum absolute atomic E-state index is 0.00929. The predicted octanol–water partition coefficient (Wildman–Crippen LogP) is 6.33. The van der Waals surface area contributed by atoms with Crippen LogP contribution in [-0.2, 0) is 27.4 Å². The van der Waals surface area contributed by atoms with Crippen molar-refractivity contribution in [3.63, 3.8) is 0 Å². The molecular formula is C38H44N2O5. The number of nitrogens with one attached hydrogen (secondary N) is 1. The fraction of sp³-hybridized carbons (Fsp3) is 0.342. The van der Waals surface area contributed by atoms with Gasteiger partial charge in [0.15, 0.2) is 6.29 Å². The molecule has 1 aliphatic rings. The Kier molecular flexibility index (Phi) is 10.8. The van der Waals surface area contributed by atoms with Gasteiger partial charge < -0.3 is 25.0 Å². The molecule has 5 rings (SSSR count). The number of likely N-dealkylation sites (N-methyl/N-ethyl adjacent to an activating group) is 1. The Morgan fingerprint density at radius 3 is 2.22 bits per heavy atom. The van der Waals surface area contributed by atoms with Gasteiger partial charge in [0.1, 0.15) is 0 Å². The van der Waals surface area contributed by atoms with E-state index < -0.39 is 12.4 Å². The lowest BCUT2D eigenvalue weighted by Crippen LogP contribution is -2.46. The van der Waals surface area contributed by atoms with Crippen LogP contribution in [0.1, 0.15) is 67.1 Å². The van der Waals surface area contributed by atoms with Crippen LogP contribution < -0.4 is 5.32 Å². The van der Waals surface area contributed by atoms with Gasteiger partial charge >= 0.3 is 0 Å². The number of hydrogen-bond donors (Lipinski definition) is 3. The SMILES string of the molecule is CC(=O)NCc1cccc(-c2ccc([C@H]3O[C@@H](CN(C)[C@@H](C)[C@H](O)c4ccccc4)[C@@H](C)[C@@H](c4ccc(CO)cc4)O3)cc2)c1. The molecular weight excluding hydrogens is 564 g/mol. The first-order valence-electron chi connectivity index (χ1n) is 15.6. The fourth-order valence-electron chi connectivity index (χ4n) is 5.87. The average molecular weight is 609 g/mol. The van der Waals surface area contributed by atoms with Gasteiger partial charge in [-0.25, -0.2) is 0 Å². The second-order valence-corrected chi connectivity index (χ2v) is 12.1. The third kappa shape index (κ3) is 8.06. The van der Waals surface area contributed by atoms with Crippen LogP contribution in [-0.4, -0.2) is 46.8 Å². The van der Waals surface area contributed by atoms with Crippen molar-refractivity contribution in [1.29, 1.82) is 0 Å². The molecule has 1 saturated heterocycles. The molecule has 1 aliphatic heterocycles. The summed E-state index contributed by atoms with van der Waals surface area (Å²) in [6, 6.07) is 33.9. The second kappa shape index (κ2) is 15.0. The van der Waals surface area contributed by atoms with Gasteiger partial charge in [-0.3, -0.25) is 9.69 Å². The minimum Gasteiger partial charge on any atom is -0.392 e. The summed E-state index contributed by atoms with van der Waals surface area (Å²) in [5.41, 5.74) is 6.85. The molecule has 1 amide bonds. The Hall–Kier alpha value is -3.85. The Bertz CT molecular complexity index is 1530. The van der Waals surface area contributed by atoms with Crippen LogP contribution in [0.3, 0.4) is 0 Å². The highest BCUT2D eigenvalue weighted by Crippen LogP contribution is 2.42. The van der Waals surface area contributed by atoms with Crippen LogP contribution in [0.25, 0.3) is 11.1 Å². The van der Waals surface area contributed by atoms with Crippen molar-refractivity contribution in [3.8, 4) is 11.1 Å². The number of benzene rings is 4. The molecule has 0 aliphatic carbocycles. The van der Waals surface area contributed by atoms with Crippen molar-refractivity contribution < 1.29 is 24.5 Å². The molecule has 4 aromatic rings.